The number of fused-ring (bicyclic) bond motifs is 11. The zero-order valence-corrected chi connectivity index (χ0v) is 21.9. The molecule has 0 aliphatic carbocycles. The number of hydrogen-bond acceptors (Lipinski definition) is 1. The van der Waals surface area contributed by atoms with Crippen LogP contribution in [0.15, 0.2) is 128 Å². The van der Waals surface area contributed by atoms with Crippen LogP contribution in [0.5, 0.6) is 0 Å². The minimum atomic E-state index is 0.997. The zero-order chi connectivity index (χ0) is 26.4. The standard InChI is InChI=1S/C36H24N4/c1-38-22-37-28-18-11-21-31(36(28)38)40-30-20-10-8-17-27(30)33-32-26-16-7-9-19-29(26)39(23-12-3-2-4-13-23)34(32)24-14-5-6-15-25(24)35(33)40/h2-22H,1H3. The third-order valence-electron chi connectivity index (χ3n) is 8.41. The molecule has 4 nitrogen and oxygen atoms in total. The Bertz CT molecular complexity index is 2440. The van der Waals surface area contributed by atoms with Gasteiger partial charge in [0.15, 0.2) is 0 Å². The van der Waals surface area contributed by atoms with Gasteiger partial charge in [-0.1, -0.05) is 84.9 Å². The Morgan fingerprint density at radius 1 is 0.475 bits per heavy atom. The lowest BCUT2D eigenvalue weighted by Crippen LogP contribution is -1.99. The lowest BCUT2D eigenvalue weighted by molar-refractivity contribution is 0.941. The number of imidazole rings is 1. The topological polar surface area (TPSA) is 27.7 Å². The van der Waals surface area contributed by atoms with E-state index >= 15 is 0 Å². The molecule has 0 radical (unpaired) electrons. The summed E-state index contributed by atoms with van der Waals surface area (Å²) in [5.74, 6) is 0. The second kappa shape index (κ2) is 7.84. The number of nitrogens with zero attached hydrogens (tertiary/aromatic N) is 4. The first kappa shape index (κ1) is 21.6. The fourth-order valence-electron chi connectivity index (χ4n) is 6.86. The van der Waals surface area contributed by atoms with E-state index in [4.69, 9.17) is 0 Å². The summed E-state index contributed by atoms with van der Waals surface area (Å²) < 4.78 is 7.04. The maximum atomic E-state index is 4.69. The summed E-state index contributed by atoms with van der Waals surface area (Å²) in [6.45, 7) is 0. The molecule has 0 amide bonds. The Kier molecular flexibility index (Phi) is 4.23. The van der Waals surface area contributed by atoms with Gasteiger partial charge in [-0.3, -0.25) is 0 Å². The van der Waals surface area contributed by atoms with Gasteiger partial charge in [-0.25, -0.2) is 4.98 Å². The number of benzene rings is 6. The van der Waals surface area contributed by atoms with Crippen molar-refractivity contribution in [3.8, 4) is 11.4 Å². The molecule has 3 aromatic heterocycles. The van der Waals surface area contributed by atoms with Crippen LogP contribution in [0.25, 0.3) is 76.8 Å². The van der Waals surface area contributed by atoms with E-state index in [-0.39, 0.29) is 0 Å². The zero-order valence-electron chi connectivity index (χ0n) is 21.9. The molecule has 3 heterocycles. The predicted octanol–water partition coefficient (Wildman–Crippen LogP) is 8.92. The fourth-order valence-corrected chi connectivity index (χ4v) is 6.86. The molecular weight excluding hydrogens is 488 g/mol. The average Bonchev–Trinajstić information content (AvgIpc) is 3.68. The van der Waals surface area contributed by atoms with Gasteiger partial charge in [0.2, 0.25) is 0 Å². The van der Waals surface area contributed by atoms with Crippen molar-refractivity contribution in [3.63, 3.8) is 0 Å². The average molecular weight is 513 g/mol. The van der Waals surface area contributed by atoms with Gasteiger partial charge in [-0.15, -0.1) is 0 Å². The Hall–Kier alpha value is -5.35. The van der Waals surface area contributed by atoms with Crippen molar-refractivity contribution in [1.82, 2.24) is 18.7 Å². The molecular formula is C36H24N4. The molecule has 0 atom stereocenters. The molecule has 40 heavy (non-hydrogen) atoms. The Morgan fingerprint density at radius 3 is 1.70 bits per heavy atom. The Morgan fingerprint density at radius 2 is 1.02 bits per heavy atom. The summed E-state index contributed by atoms with van der Waals surface area (Å²) in [6, 6.07) is 43.7. The molecule has 0 aliphatic heterocycles. The number of hydrogen-bond donors (Lipinski definition) is 0. The van der Waals surface area contributed by atoms with E-state index in [2.05, 4.69) is 147 Å². The third-order valence-corrected chi connectivity index (χ3v) is 8.41. The second-order valence-corrected chi connectivity index (χ2v) is 10.5. The minimum absolute atomic E-state index is 0.997. The van der Waals surface area contributed by atoms with Gasteiger partial charge in [0.1, 0.15) is 0 Å². The van der Waals surface area contributed by atoms with Crippen molar-refractivity contribution in [2.24, 2.45) is 7.05 Å². The van der Waals surface area contributed by atoms with Crippen LogP contribution in [0.2, 0.25) is 0 Å². The van der Waals surface area contributed by atoms with Crippen LogP contribution >= 0.6 is 0 Å². The van der Waals surface area contributed by atoms with E-state index in [1.165, 1.54) is 60.1 Å². The van der Waals surface area contributed by atoms with Crippen molar-refractivity contribution in [3.05, 3.63) is 128 Å². The van der Waals surface area contributed by atoms with Gasteiger partial charge in [0.05, 0.1) is 45.1 Å². The molecule has 0 N–H and O–H groups in total. The largest absolute Gasteiger partial charge is 0.332 e. The van der Waals surface area contributed by atoms with Crippen molar-refractivity contribution < 1.29 is 0 Å². The minimum Gasteiger partial charge on any atom is -0.332 e. The van der Waals surface area contributed by atoms with E-state index in [0.29, 0.717) is 0 Å². The molecule has 9 aromatic rings. The predicted molar refractivity (Wildman–Crippen MR) is 167 cm³/mol. The van der Waals surface area contributed by atoms with Crippen molar-refractivity contribution in [1.29, 1.82) is 0 Å². The summed E-state index contributed by atoms with van der Waals surface area (Å²) in [7, 11) is 2.08. The van der Waals surface area contributed by atoms with Crippen LogP contribution in [-0.4, -0.2) is 18.7 Å². The molecule has 0 bridgehead atoms. The molecule has 4 heteroatoms. The molecule has 0 aliphatic rings. The van der Waals surface area contributed by atoms with Gasteiger partial charge in [-0.05, 0) is 36.4 Å². The van der Waals surface area contributed by atoms with E-state index in [0.717, 1.165) is 16.7 Å². The van der Waals surface area contributed by atoms with Crippen molar-refractivity contribution in [2.75, 3.05) is 0 Å². The summed E-state index contributed by atoms with van der Waals surface area (Å²) >= 11 is 0. The van der Waals surface area contributed by atoms with Gasteiger partial charge in [-0.2, -0.15) is 0 Å². The van der Waals surface area contributed by atoms with Crippen LogP contribution in [0.3, 0.4) is 0 Å². The highest BCUT2D eigenvalue weighted by atomic mass is 15.1. The molecule has 0 saturated heterocycles. The van der Waals surface area contributed by atoms with Crippen LogP contribution < -0.4 is 0 Å². The van der Waals surface area contributed by atoms with Crippen molar-refractivity contribution in [2.45, 2.75) is 0 Å². The number of aryl methyl sites for hydroxylation is 1. The third kappa shape index (κ3) is 2.67. The highest BCUT2D eigenvalue weighted by molar-refractivity contribution is 6.37. The smallest absolute Gasteiger partial charge is 0.0956 e. The fraction of sp³-hybridized carbons (Fsp3) is 0.0278. The van der Waals surface area contributed by atoms with Gasteiger partial charge < -0.3 is 13.7 Å². The Labute approximate surface area is 229 Å². The van der Waals surface area contributed by atoms with E-state index in [1.807, 2.05) is 6.33 Å². The normalized spacial score (nSPS) is 12.1. The molecule has 0 saturated carbocycles. The monoisotopic (exact) mass is 512 g/mol. The van der Waals surface area contributed by atoms with Crippen LogP contribution in [-0.2, 0) is 7.05 Å². The number of para-hydroxylation sites is 4. The lowest BCUT2D eigenvalue weighted by atomic mass is 9.99. The summed E-state index contributed by atoms with van der Waals surface area (Å²) in [5.41, 5.74) is 9.32. The van der Waals surface area contributed by atoms with Crippen LogP contribution in [0, 0.1) is 0 Å². The highest BCUT2D eigenvalue weighted by Gasteiger charge is 2.24. The first-order valence-corrected chi connectivity index (χ1v) is 13.6. The first-order chi connectivity index (χ1) is 19.8. The molecule has 0 fully saturated rings. The van der Waals surface area contributed by atoms with Crippen LogP contribution in [0.1, 0.15) is 0 Å². The molecule has 0 spiro atoms. The van der Waals surface area contributed by atoms with Crippen molar-refractivity contribution >= 4 is 65.4 Å². The summed E-state index contributed by atoms with van der Waals surface area (Å²) in [5, 5.41) is 7.57. The van der Waals surface area contributed by atoms with E-state index < -0.39 is 0 Å². The quantitative estimate of drug-likeness (QED) is 0.227. The SMILES string of the molecule is Cn1cnc2cccc(-n3c4ccccc4c4c5c6ccccc6n(-c6ccccc6)c5c5ccccc5c43)c21. The van der Waals surface area contributed by atoms with Gasteiger partial charge >= 0.3 is 0 Å². The van der Waals surface area contributed by atoms with Gasteiger partial charge in [0.25, 0.3) is 0 Å². The Balaban J connectivity index is 1.63. The summed E-state index contributed by atoms with van der Waals surface area (Å²) in [4.78, 5) is 4.69. The molecule has 0 unspecified atom stereocenters. The molecule has 9 rings (SSSR count). The highest BCUT2D eigenvalue weighted by Crippen LogP contribution is 2.47. The van der Waals surface area contributed by atoms with Gasteiger partial charge in [0, 0.05) is 45.1 Å². The van der Waals surface area contributed by atoms with E-state index in [9.17, 15) is 0 Å². The van der Waals surface area contributed by atoms with Crippen LogP contribution in [0.4, 0.5) is 0 Å². The maximum absolute atomic E-state index is 4.69. The maximum Gasteiger partial charge on any atom is 0.0956 e. The first-order valence-electron chi connectivity index (χ1n) is 13.6. The molecule has 188 valence electrons. The van der Waals surface area contributed by atoms with E-state index in [1.54, 1.807) is 0 Å². The second-order valence-electron chi connectivity index (χ2n) is 10.5. The number of rotatable bonds is 2. The summed E-state index contributed by atoms with van der Waals surface area (Å²) in [6.07, 6.45) is 1.91. The molecule has 6 aromatic carbocycles. The number of aromatic nitrogens is 4. The lowest BCUT2D eigenvalue weighted by Gasteiger charge is -2.14.